The van der Waals surface area contributed by atoms with E-state index in [1.54, 1.807) is 6.07 Å². The highest BCUT2D eigenvalue weighted by molar-refractivity contribution is 9.10. The van der Waals surface area contributed by atoms with Crippen LogP contribution in [0.3, 0.4) is 0 Å². The maximum atomic E-state index is 11.9. The third kappa shape index (κ3) is 2.39. The summed E-state index contributed by atoms with van der Waals surface area (Å²) in [6.07, 6.45) is 0. The maximum absolute atomic E-state index is 11.9. The van der Waals surface area contributed by atoms with E-state index in [4.69, 9.17) is 5.73 Å². The largest absolute Gasteiger partial charge is 0.366 e. The summed E-state index contributed by atoms with van der Waals surface area (Å²) in [7, 11) is 0. The number of carbonyl (C=O) groups excluding carboxylic acids is 1. The third-order valence-electron chi connectivity index (χ3n) is 4.23. The molecule has 0 atom stereocenters. The van der Waals surface area contributed by atoms with Crippen molar-refractivity contribution in [2.24, 2.45) is 5.73 Å². The fraction of sp³-hybridized carbons (Fsp3) is 0.0500. The molecule has 1 radical (unpaired) electrons. The van der Waals surface area contributed by atoms with Gasteiger partial charge >= 0.3 is 0 Å². The Hall–Kier alpha value is -2.59. The lowest BCUT2D eigenvalue weighted by atomic mass is 10.1. The fourth-order valence-corrected chi connectivity index (χ4v) is 3.42. The molecule has 1 aromatic heterocycles. The van der Waals surface area contributed by atoms with E-state index >= 15 is 0 Å². The summed E-state index contributed by atoms with van der Waals surface area (Å²) < 4.78 is 3.26. The molecular formula is C20H14BrN2O. The summed E-state index contributed by atoms with van der Waals surface area (Å²) in [5.74, 6) is -0.416. The summed E-state index contributed by atoms with van der Waals surface area (Å²) >= 11 is 3.47. The van der Waals surface area contributed by atoms with Crippen LogP contribution in [0.2, 0.25) is 0 Å². The molecule has 0 unspecified atom stereocenters. The van der Waals surface area contributed by atoms with Crippen molar-refractivity contribution in [3.63, 3.8) is 0 Å². The number of nitrogens with two attached hydrogens (primary N) is 1. The topological polar surface area (TPSA) is 48.0 Å². The molecule has 4 aromatic rings. The molecule has 24 heavy (non-hydrogen) atoms. The van der Waals surface area contributed by atoms with Crippen LogP contribution >= 0.6 is 15.9 Å². The van der Waals surface area contributed by atoms with Gasteiger partial charge in [-0.3, -0.25) is 4.79 Å². The molecule has 0 aliphatic rings. The van der Waals surface area contributed by atoms with E-state index in [2.05, 4.69) is 44.8 Å². The predicted octanol–water partition coefficient (Wildman–Crippen LogP) is 4.50. The molecule has 0 spiro atoms. The van der Waals surface area contributed by atoms with Crippen molar-refractivity contribution in [3.8, 4) is 0 Å². The van der Waals surface area contributed by atoms with Gasteiger partial charge in [0.05, 0.1) is 11.0 Å². The van der Waals surface area contributed by atoms with Crippen LogP contribution in [0.1, 0.15) is 15.9 Å². The van der Waals surface area contributed by atoms with Gasteiger partial charge in [-0.15, -0.1) is 0 Å². The van der Waals surface area contributed by atoms with Gasteiger partial charge < -0.3 is 10.3 Å². The Kier molecular flexibility index (Phi) is 3.62. The van der Waals surface area contributed by atoms with Crippen LogP contribution in [0, 0.1) is 6.07 Å². The van der Waals surface area contributed by atoms with E-state index in [9.17, 15) is 4.79 Å². The highest BCUT2D eigenvalue weighted by Gasteiger charge is 2.16. The number of carbonyl (C=O) groups is 1. The molecule has 2 N–H and O–H groups in total. The van der Waals surface area contributed by atoms with Gasteiger partial charge in [0, 0.05) is 27.4 Å². The predicted molar refractivity (Wildman–Crippen MR) is 100 cm³/mol. The Bertz CT molecular complexity index is 1060. The second kappa shape index (κ2) is 5.80. The first-order valence-corrected chi connectivity index (χ1v) is 8.40. The van der Waals surface area contributed by atoms with Gasteiger partial charge in [-0.05, 0) is 42.0 Å². The van der Waals surface area contributed by atoms with Crippen molar-refractivity contribution >= 4 is 43.6 Å². The van der Waals surface area contributed by atoms with Crippen molar-refractivity contribution in [2.75, 3.05) is 0 Å². The third-order valence-corrected chi connectivity index (χ3v) is 4.76. The van der Waals surface area contributed by atoms with Gasteiger partial charge in [-0.1, -0.05) is 46.3 Å². The number of hydrogen-bond acceptors (Lipinski definition) is 1. The summed E-state index contributed by atoms with van der Waals surface area (Å²) in [6.45, 7) is 0.716. The van der Waals surface area contributed by atoms with Crippen LogP contribution in [0.5, 0.6) is 0 Å². The van der Waals surface area contributed by atoms with Crippen LogP contribution in [-0.4, -0.2) is 10.5 Å². The Morgan fingerprint density at radius 3 is 2.54 bits per heavy atom. The number of primary amides is 1. The number of nitrogens with zero attached hydrogens (tertiary/aromatic N) is 1. The first-order valence-electron chi connectivity index (χ1n) is 7.61. The minimum Gasteiger partial charge on any atom is -0.366 e. The first kappa shape index (κ1) is 15.0. The maximum Gasteiger partial charge on any atom is 0.249 e. The summed E-state index contributed by atoms with van der Waals surface area (Å²) in [4.78, 5) is 11.9. The van der Waals surface area contributed by atoms with Gasteiger partial charge in [0.25, 0.3) is 0 Å². The second-order valence-electron chi connectivity index (χ2n) is 5.71. The molecule has 0 saturated carbocycles. The van der Waals surface area contributed by atoms with Crippen LogP contribution in [0.15, 0.2) is 65.1 Å². The zero-order valence-corrected chi connectivity index (χ0v) is 14.4. The van der Waals surface area contributed by atoms with Crippen molar-refractivity contribution in [2.45, 2.75) is 6.54 Å². The Balaban J connectivity index is 2.01. The lowest BCUT2D eigenvalue weighted by molar-refractivity contribution is 0.100. The summed E-state index contributed by atoms with van der Waals surface area (Å²) in [6, 6.07) is 23.1. The average molecular weight is 378 g/mol. The van der Waals surface area contributed by atoms with Crippen LogP contribution in [0.4, 0.5) is 0 Å². The highest BCUT2D eigenvalue weighted by atomic mass is 79.9. The quantitative estimate of drug-likeness (QED) is 0.561. The van der Waals surface area contributed by atoms with E-state index in [-0.39, 0.29) is 0 Å². The molecule has 0 saturated heterocycles. The smallest absolute Gasteiger partial charge is 0.249 e. The Morgan fingerprint density at radius 1 is 1.04 bits per heavy atom. The lowest BCUT2D eigenvalue weighted by Crippen LogP contribution is -2.11. The number of amides is 1. The molecule has 3 aromatic carbocycles. The SMILES string of the molecule is NC(=O)c1cccc2c1c1[c]cccc1n2Cc1ccc(Br)cc1. The van der Waals surface area contributed by atoms with Crippen LogP contribution in [0.25, 0.3) is 21.8 Å². The molecule has 0 fully saturated rings. The molecule has 4 heteroatoms. The molecule has 0 aliphatic heterocycles. The van der Waals surface area contributed by atoms with Gasteiger partial charge in [-0.25, -0.2) is 0 Å². The van der Waals surface area contributed by atoms with Crippen molar-refractivity contribution in [1.82, 2.24) is 4.57 Å². The number of benzene rings is 3. The lowest BCUT2D eigenvalue weighted by Gasteiger charge is -2.08. The van der Waals surface area contributed by atoms with E-state index in [1.807, 2.05) is 36.4 Å². The number of halogens is 1. The molecule has 0 bridgehead atoms. The number of hydrogen-bond donors (Lipinski definition) is 1. The monoisotopic (exact) mass is 377 g/mol. The average Bonchev–Trinajstić information content (AvgIpc) is 2.91. The summed E-state index contributed by atoms with van der Waals surface area (Å²) in [5.41, 5.74) is 9.34. The molecule has 4 rings (SSSR count). The van der Waals surface area contributed by atoms with Gasteiger partial charge in [0.2, 0.25) is 5.91 Å². The van der Waals surface area contributed by atoms with E-state index in [0.29, 0.717) is 12.1 Å². The van der Waals surface area contributed by atoms with Gasteiger partial charge in [-0.2, -0.15) is 0 Å². The fourth-order valence-electron chi connectivity index (χ4n) is 3.16. The molecule has 1 heterocycles. The highest BCUT2D eigenvalue weighted by Crippen LogP contribution is 2.32. The minimum atomic E-state index is -0.416. The van der Waals surface area contributed by atoms with E-state index < -0.39 is 5.91 Å². The standard InChI is InChI=1S/C20H14BrN2O/c21-14-10-8-13(9-11-14)12-23-17-6-2-1-4-15(17)19-16(20(22)24)5-3-7-18(19)23/h1-3,5-11H,12H2,(H2,22,24). The normalized spacial score (nSPS) is 11.2. The number of fused-ring (bicyclic) bond motifs is 3. The van der Waals surface area contributed by atoms with Crippen molar-refractivity contribution < 1.29 is 4.79 Å². The zero-order valence-electron chi connectivity index (χ0n) is 12.8. The second-order valence-corrected chi connectivity index (χ2v) is 6.62. The Morgan fingerprint density at radius 2 is 1.79 bits per heavy atom. The van der Waals surface area contributed by atoms with Gasteiger partial charge in [0.15, 0.2) is 0 Å². The van der Waals surface area contributed by atoms with Crippen molar-refractivity contribution in [3.05, 3.63) is 82.3 Å². The summed E-state index contributed by atoms with van der Waals surface area (Å²) in [5, 5.41) is 1.80. The van der Waals surface area contributed by atoms with Crippen LogP contribution in [-0.2, 0) is 6.54 Å². The zero-order chi connectivity index (χ0) is 16.7. The van der Waals surface area contributed by atoms with E-state index in [0.717, 1.165) is 26.3 Å². The Labute approximate surface area is 147 Å². The number of aromatic nitrogens is 1. The number of rotatable bonds is 3. The van der Waals surface area contributed by atoms with Gasteiger partial charge in [0.1, 0.15) is 0 Å². The molecule has 117 valence electrons. The molecular weight excluding hydrogens is 364 g/mol. The molecule has 0 aliphatic carbocycles. The molecule has 1 amide bonds. The van der Waals surface area contributed by atoms with Crippen molar-refractivity contribution in [1.29, 1.82) is 0 Å². The van der Waals surface area contributed by atoms with E-state index in [1.165, 1.54) is 5.56 Å². The van der Waals surface area contributed by atoms with Crippen LogP contribution < -0.4 is 5.73 Å². The molecule has 3 nitrogen and oxygen atoms in total. The minimum absolute atomic E-state index is 0.416. The first-order chi connectivity index (χ1) is 11.6.